The molecule has 1 aliphatic heterocycles. The molecule has 0 unspecified atom stereocenters. The van der Waals surface area contributed by atoms with Gasteiger partial charge in [0.15, 0.2) is 0 Å². The third kappa shape index (κ3) is 88.3. The molecule has 0 spiro atoms. The Morgan fingerprint density at radius 2 is 1.22 bits per heavy atom. The topological polar surface area (TPSA) is 92.2 Å². The minimum Gasteiger partial charge on any atom is -0.850 e. The van der Waals surface area contributed by atoms with E-state index in [2.05, 4.69) is 59.6 Å². The molecule has 0 saturated carbocycles. The van der Waals surface area contributed by atoms with E-state index in [1.54, 1.807) is 0 Å². The normalized spacial score (nSPS) is 12.3. The molecule has 15 heteroatoms. The Morgan fingerprint density at radius 1 is 0.944 bits per heavy atom. The van der Waals surface area contributed by atoms with Crippen LogP contribution in [-0.4, -0.2) is 5.75 Å². The van der Waals surface area contributed by atoms with Crippen LogP contribution in [0.3, 0.4) is 0 Å². The minimum atomic E-state index is -3.72. The van der Waals surface area contributed by atoms with Crippen molar-refractivity contribution in [2.45, 2.75) is 0 Å². The Morgan fingerprint density at radius 3 is 1.28 bits per heavy atom. The van der Waals surface area contributed by atoms with Crippen molar-refractivity contribution >= 4 is 81.1 Å². The van der Waals surface area contributed by atoms with Crippen molar-refractivity contribution < 1.29 is 78.0 Å². The second-order valence-corrected chi connectivity index (χ2v) is 12.9. The molecule has 0 aromatic carbocycles. The first kappa shape index (κ1) is 33.7. The summed E-state index contributed by atoms with van der Waals surface area (Å²) in [7, 11) is 3.69. The van der Waals surface area contributed by atoms with Crippen molar-refractivity contribution in [3.63, 3.8) is 0 Å². The maximum atomic E-state index is 9.29. The average Bonchev–Trinajstić information content (AvgIpc) is 2.28. The van der Waals surface area contributed by atoms with E-state index in [0.717, 1.165) is 0 Å². The smallest absolute Gasteiger partial charge is 0.850 e. The van der Waals surface area contributed by atoms with Crippen LogP contribution in [0.2, 0.25) is 0 Å². The summed E-state index contributed by atoms with van der Waals surface area (Å²) in [6, 6.07) is 0. The molecule has 0 saturated heterocycles. The van der Waals surface area contributed by atoms with Gasteiger partial charge >= 0.3 is 58.4 Å². The first-order chi connectivity index (χ1) is 6.50. The van der Waals surface area contributed by atoms with Crippen molar-refractivity contribution in [2.75, 3.05) is 5.75 Å². The van der Waals surface area contributed by atoms with Crippen LogP contribution in [0.1, 0.15) is 0 Å². The minimum absolute atomic E-state index is 0. The maximum Gasteiger partial charge on any atom is 2.00 e. The SMILES string of the molecule is C1=CSSC1.[O-]P([O-])(=S)[S-].[O-]P([O-])(=S)[S-].[Zn+2].[Zn+2].[Zn+2]. The largest absolute Gasteiger partial charge is 2.00 e. The molecule has 18 heavy (non-hydrogen) atoms. The molecule has 1 heterocycles. The molecule has 0 atom stereocenters. The number of rotatable bonds is 0. The second-order valence-electron chi connectivity index (χ2n) is 1.65. The predicted molar refractivity (Wildman–Crippen MR) is 72.5 cm³/mol. The molecule has 0 aromatic heterocycles. The van der Waals surface area contributed by atoms with E-state index in [-0.39, 0.29) is 58.4 Å². The summed E-state index contributed by atoms with van der Waals surface area (Å²) in [4.78, 5) is 37.2. The van der Waals surface area contributed by atoms with Crippen LogP contribution in [0.15, 0.2) is 11.5 Å². The molecular formula is C3H4O4P2S6Zn3. The number of hydrogen-bond acceptors (Lipinski definition) is 10. The predicted octanol–water partition coefficient (Wildman–Crippen LogP) is -1.16. The van der Waals surface area contributed by atoms with Gasteiger partial charge < -0.3 is 55.5 Å². The van der Waals surface area contributed by atoms with E-state index in [0.29, 0.717) is 0 Å². The van der Waals surface area contributed by atoms with Crippen molar-refractivity contribution in [3.05, 3.63) is 11.5 Å². The van der Waals surface area contributed by atoms with E-state index in [1.807, 2.05) is 21.6 Å². The summed E-state index contributed by atoms with van der Waals surface area (Å²) in [5.74, 6) is 1.20. The van der Waals surface area contributed by atoms with Gasteiger partial charge in [-0.1, -0.05) is 27.7 Å². The molecule has 0 N–H and O–H groups in total. The van der Waals surface area contributed by atoms with Crippen molar-refractivity contribution in [3.8, 4) is 0 Å². The van der Waals surface area contributed by atoms with Crippen LogP contribution in [-0.2, 0) is 107 Å². The van der Waals surface area contributed by atoms with Gasteiger partial charge in [0.25, 0.3) is 0 Å². The summed E-state index contributed by atoms with van der Waals surface area (Å²) in [6.07, 6.45) is 2.16. The maximum absolute atomic E-state index is 9.29. The molecule has 4 nitrogen and oxygen atoms in total. The zero-order chi connectivity index (χ0) is 12.5. The van der Waals surface area contributed by atoms with Crippen LogP contribution in [0, 0.1) is 0 Å². The van der Waals surface area contributed by atoms with Gasteiger partial charge in [0.05, 0.1) is 0 Å². The fraction of sp³-hybridized carbons (Fsp3) is 0.333. The number of hydrogen-bond donors (Lipinski definition) is 0. The molecule has 1 aliphatic rings. The third-order valence-electron chi connectivity index (χ3n) is 0.384. The van der Waals surface area contributed by atoms with Gasteiger partial charge in [0, 0.05) is 5.75 Å². The van der Waals surface area contributed by atoms with E-state index in [9.17, 15) is 19.6 Å². The van der Waals surface area contributed by atoms with E-state index in [4.69, 9.17) is 0 Å². The molecule has 0 amide bonds. The monoisotopic (exact) mass is 550 g/mol. The summed E-state index contributed by atoms with van der Waals surface area (Å²) >= 11 is 14.6. The van der Waals surface area contributed by atoms with Gasteiger partial charge in [-0.3, -0.25) is 0 Å². The fourth-order valence-electron chi connectivity index (χ4n) is 0.196. The zero-order valence-corrected chi connectivity index (χ0v) is 24.5. The van der Waals surface area contributed by atoms with Gasteiger partial charge in [-0.25, -0.2) is 0 Å². The average molecular weight is 555 g/mol. The van der Waals surface area contributed by atoms with Crippen molar-refractivity contribution in [1.29, 1.82) is 0 Å². The van der Waals surface area contributed by atoms with Gasteiger partial charge in [-0.2, -0.15) is 23.6 Å². The Balaban J connectivity index is -0.0000000433. The Bertz CT molecular complexity index is 239. The third-order valence-corrected chi connectivity index (χ3v) is 2.30. The van der Waals surface area contributed by atoms with E-state index < -0.39 is 11.4 Å². The van der Waals surface area contributed by atoms with Gasteiger partial charge in [-0.15, -0.1) is 0 Å². The van der Waals surface area contributed by atoms with Crippen molar-refractivity contribution in [1.82, 2.24) is 0 Å². The Labute approximate surface area is 174 Å². The first-order valence-electron chi connectivity index (χ1n) is 2.89. The Kier molecular flexibility index (Phi) is 35.9. The van der Waals surface area contributed by atoms with Crippen LogP contribution in [0.5, 0.6) is 0 Å². The van der Waals surface area contributed by atoms with Crippen LogP contribution >= 0.6 is 33.0 Å². The second kappa shape index (κ2) is 19.2. The van der Waals surface area contributed by atoms with Gasteiger partial charge in [0.2, 0.25) is 0 Å². The zero-order valence-electron chi connectivity index (χ0n) is 8.96. The van der Waals surface area contributed by atoms with Crippen LogP contribution < -0.4 is 19.6 Å². The van der Waals surface area contributed by atoms with E-state index >= 15 is 0 Å². The van der Waals surface area contributed by atoms with Crippen LogP contribution in [0.4, 0.5) is 0 Å². The summed E-state index contributed by atoms with van der Waals surface area (Å²) < 4.78 is 0. The molecule has 0 bridgehead atoms. The Hall–Kier alpha value is 4.15. The first-order valence-corrected chi connectivity index (χ1v) is 12.6. The molecule has 1 rings (SSSR count). The summed E-state index contributed by atoms with van der Waals surface area (Å²) in [6.45, 7) is 0. The molecule has 0 aliphatic carbocycles. The quantitative estimate of drug-likeness (QED) is 0.158. The molecule has 0 radical (unpaired) electrons. The molecule has 0 fully saturated rings. The standard InChI is InChI=1S/C3H4S2.2H3O2PS2.3Zn/c1-2-4-5-3-1;2*1-3(2,4)5;;;/h1-2H,3H2;2*(H3,1,2,4,5);;;/q;;;3*+2/p-6. The fourth-order valence-corrected chi connectivity index (χ4v) is 1.77. The van der Waals surface area contributed by atoms with Gasteiger partial charge in [-0.05, 0) is 5.41 Å². The van der Waals surface area contributed by atoms with E-state index in [1.165, 1.54) is 5.75 Å². The summed E-state index contributed by atoms with van der Waals surface area (Å²) in [5, 5.41) is 2.12. The molecule has 92 valence electrons. The molecular weight excluding hydrogens is 551 g/mol. The van der Waals surface area contributed by atoms with Crippen LogP contribution in [0.25, 0.3) is 0 Å². The van der Waals surface area contributed by atoms with Crippen molar-refractivity contribution in [2.24, 2.45) is 0 Å². The van der Waals surface area contributed by atoms with Gasteiger partial charge in [0.1, 0.15) is 0 Å². The summed E-state index contributed by atoms with van der Waals surface area (Å²) in [5.41, 5.74) is -7.44. The molecule has 0 aromatic rings.